The number of rotatable bonds is 7. The zero-order valence-electron chi connectivity index (χ0n) is 52.2. The van der Waals surface area contributed by atoms with Crippen LogP contribution in [0, 0.1) is 0 Å². The monoisotopic (exact) mass is 1240 g/mol. The summed E-state index contributed by atoms with van der Waals surface area (Å²) in [6.45, 7) is 0. The van der Waals surface area contributed by atoms with Crippen molar-refractivity contribution in [3.63, 3.8) is 0 Å². The highest BCUT2D eigenvalue weighted by molar-refractivity contribution is 6.32. The number of para-hydroxylation sites is 7. The topological polar surface area (TPSA) is 50.9 Å². The molecule has 0 spiro atoms. The van der Waals surface area contributed by atoms with E-state index >= 15 is 0 Å². The summed E-state index contributed by atoms with van der Waals surface area (Å²) in [5.74, 6) is 0. The van der Waals surface area contributed by atoms with Gasteiger partial charge in [-0.15, -0.1) is 0 Å². The van der Waals surface area contributed by atoms with Crippen LogP contribution in [-0.4, -0.2) is 22.8 Å². The molecular formula is C90H53N5O2. The van der Waals surface area contributed by atoms with Crippen molar-refractivity contribution in [2.75, 3.05) is 0 Å². The van der Waals surface area contributed by atoms with Crippen molar-refractivity contribution in [2.45, 2.75) is 0 Å². The van der Waals surface area contributed by atoms with E-state index in [0.29, 0.717) is 0 Å². The molecule has 0 aliphatic carbocycles. The van der Waals surface area contributed by atoms with Gasteiger partial charge < -0.3 is 31.7 Å². The Labute approximate surface area is 553 Å². The van der Waals surface area contributed by atoms with Crippen LogP contribution in [0.1, 0.15) is 0 Å². The molecule has 0 N–H and O–H groups in total. The quantitative estimate of drug-likeness (QED) is 0.160. The summed E-state index contributed by atoms with van der Waals surface area (Å²) in [6, 6.07) is 118. The van der Waals surface area contributed by atoms with Gasteiger partial charge in [-0.05, 0) is 180 Å². The Morgan fingerprint density at radius 2 is 0.474 bits per heavy atom. The summed E-state index contributed by atoms with van der Waals surface area (Å²) in [6.07, 6.45) is 0. The minimum atomic E-state index is 0.865. The number of hydrogen-bond acceptors (Lipinski definition) is 2. The molecule has 0 atom stereocenters. The van der Waals surface area contributed by atoms with Crippen molar-refractivity contribution >= 4 is 153 Å². The van der Waals surface area contributed by atoms with E-state index in [0.717, 1.165) is 138 Å². The number of nitrogens with zero attached hydrogens (tertiary/aromatic N) is 5. The Morgan fingerprint density at radius 1 is 0.165 bits per heavy atom. The Balaban J connectivity index is 0.852. The van der Waals surface area contributed by atoms with E-state index in [1.807, 2.05) is 12.1 Å². The second-order valence-corrected chi connectivity index (χ2v) is 25.9. The molecule has 22 rings (SSSR count). The van der Waals surface area contributed by atoms with Crippen molar-refractivity contribution in [1.82, 2.24) is 22.8 Å². The van der Waals surface area contributed by atoms with Gasteiger partial charge in [0.05, 0.1) is 55.2 Å². The molecule has 15 aromatic carbocycles. The highest BCUT2D eigenvalue weighted by Crippen LogP contribution is 2.49. The van der Waals surface area contributed by atoms with Crippen LogP contribution in [-0.2, 0) is 0 Å². The molecule has 0 amide bonds. The van der Waals surface area contributed by atoms with E-state index in [1.165, 1.54) is 65.2 Å². The standard InChI is InChI=1S/C90H53N5O2/c1-4-18-58(19-5-1)91-75-28-14-10-24-63(75)69-48-54(32-40-77(69)91)56-34-42-79-73(50-56)87-81(93(79)61-36-46-85-71(52-61)65-26-12-16-30-83(65)96-85)44-38-67-68-39-45-82-88(90(68)95(89(67)87)60-22-8-3-9-23-60)74-51-57(35-43-80(74)94(82)62-37-47-86-72(53-62)66-27-13-17-31-84(66)97-86)55-33-41-78-70(49-55)64-25-11-15-29-76(64)92(78)59-20-6-2-7-21-59/h1-53H. The first kappa shape index (κ1) is 52.4. The number of furan rings is 2. The summed E-state index contributed by atoms with van der Waals surface area (Å²) in [5.41, 5.74) is 25.0. The molecule has 0 unspecified atom stereocenters. The lowest BCUT2D eigenvalue weighted by Gasteiger charge is -2.11. The highest BCUT2D eigenvalue weighted by Gasteiger charge is 2.27. The molecule has 7 heteroatoms. The molecule has 0 radical (unpaired) electrons. The molecule has 22 aromatic rings. The summed E-state index contributed by atoms with van der Waals surface area (Å²) < 4.78 is 25.3. The van der Waals surface area contributed by atoms with Crippen LogP contribution >= 0.6 is 0 Å². The fourth-order valence-electron chi connectivity index (χ4n) is 16.7. The van der Waals surface area contributed by atoms with E-state index < -0.39 is 0 Å². The van der Waals surface area contributed by atoms with Crippen LogP contribution in [0.2, 0.25) is 0 Å². The smallest absolute Gasteiger partial charge is 0.135 e. The average Bonchev–Trinajstić information content (AvgIpc) is 1.53. The SMILES string of the molecule is c1ccc(-n2c3ccccc3c3cc(-c4ccc5c(c4)c4c(ccc6c7ccc8c(c9cc(-c%10ccc%11c(c%10)c%10ccccc%10n%11-c%10ccccc%10)ccc9n8-c8ccc9oc%10ccccc%10c9c8)c7n(-c7ccccc7)c64)n5-c4ccc5oc6ccccc6c5c4)ccc32)cc1. The van der Waals surface area contributed by atoms with Crippen molar-refractivity contribution in [2.24, 2.45) is 0 Å². The first-order chi connectivity index (χ1) is 48.1. The number of hydrogen-bond donors (Lipinski definition) is 0. The minimum absolute atomic E-state index is 0.865. The van der Waals surface area contributed by atoms with Gasteiger partial charge in [0.2, 0.25) is 0 Å². The molecule has 0 saturated heterocycles. The normalized spacial score (nSPS) is 12.3. The summed E-state index contributed by atoms with van der Waals surface area (Å²) in [5, 5.41) is 16.2. The third-order valence-electron chi connectivity index (χ3n) is 20.8. The maximum absolute atomic E-state index is 6.49. The summed E-state index contributed by atoms with van der Waals surface area (Å²) in [7, 11) is 0. The largest absolute Gasteiger partial charge is 0.456 e. The van der Waals surface area contributed by atoms with Gasteiger partial charge in [0.25, 0.3) is 0 Å². The second-order valence-electron chi connectivity index (χ2n) is 25.9. The van der Waals surface area contributed by atoms with Crippen LogP contribution < -0.4 is 0 Å². The van der Waals surface area contributed by atoms with Crippen LogP contribution in [0.25, 0.3) is 204 Å². The van der Waals surface area contributed by atoms with E-state index in [-0.39, 0.29) is 0 Å². The number of fused-ring (bicyclic) bond motifs is 23. The second kappa shape index (κ2) is 19.7. The van der Waals surface area contributed by atoms with Gasteiger partial charge in [-0.2, -0.15) is 0 Å². The predicted molar refractivity (Wildman–Crippen MR) is 404 cm³/mol. The molecule has 97 heavy (non-hydrogen) atoms. The molecule has 0 aliphatic heterocycles. The van der Waals surface area contributed by atoms with Crippen molar-refractivity contribution in [3.05, 3.63) is 322 Å². The van der Waals surface area contributed by atoms with Gasteiger partial charge in [0, 0.05) is 104 Å². The molecule has 0 saturated carbocycles. The molecular weight excluding hydrogens is 1180 g/mol. The Bertz CT molecular complexity index is 6700. The van der Waals surface area contributed by atoms with Crippen molar-refractivity contribution < 1.29 is 8.83 Å². The average molecular weight is 1240 g/mol. The van der Waals surface area contributed by atoms with Gasteiger partial charge in [-0.25, -0.2) is 0 Å². The first-order valence-corrected chi connectivity index (χ1v) is 33.2. The number of aromatic nitrogens is 5. The number of benzene rings is 15. The van der Waals surface area contributed by atoms with Gasteiger partial charge >= 0.3 is 0 Å². The van der Waals surface area contributed by atoms with Crippen LogP contribution in [0.5, 0.6) is 0 Å². The lowest BCUT2D eigenvalue weighted by molar-refractivity contribution is 0.668. The van der Waals surface area contributed by atoms with E-state index in [1.54, 1.807) is 0 Å². The molecule has 0 fully saturated rings. The van der Waals surface area contributed by atoms with Crippen molar-refractivity contribution in [3.8, 4) is 50.7 Å². The van der Waals surface area contributed by atoms with Gasteiger partial charge in [0.15, 0.2) is 0 Å². The molecule has 450 valence electrons. The highest BCUT2D eigenvalue weighted by atomic mass is 16.3. The predicted octanol–water partition coefficient (Wildman–Crippen LogP) is 24.3. The van der Waals surface area contributed by atoms with E-state index in [9.17, 15) is 0 Å². The Morgan fingerprint density at radius 3 is 0.897 bits per heavy atom. The minimum Gasteiger partial charge on any atom is -0.456 e. The van der Waals surface area contributed by atoms with Gasteiger partial charge in [-0.3, -0.25) is 0 Å². The molecule has 7 nitrogen and oxygen atoms in total. The Hall–Kier alpha value is -13.1. The third-order valence-corrected chi connectivity index (χ3v) is 20.8. The molecule has 0 aliphatic rings. The lowest BCUT2D eigenvalue weighted by atomic mass is 9.99. The zero-order valence-corrected chi connectivity index (χ0v) is 52.2. The van der Waals surface area contributed by atoms with Crippen LogP contribution in [0.4, 0.5) is 0 Å². The fraction of sp³-hybridized carbons (Fsp3) is 0. The Kier molecular flexibility index (Phi) is 10.7. The lowest BCUT2D eigenvalue weighted by Crippen LogP contribution is -1.96. The molecule has 0 bridgehead atoms. The maximum atomic E-state index is 6.49. The van der Waals surface area contributed by atoms with E-state index in [4.69, 9.17) is 8.83 Å². The van der Waals surface area contributed by atoms with Crippen molar-refractivity contribution in [1.29, 1.82) is 0 Å². The van der Waals surface area contributed by atoms with E-state index in [2.05, 4.69) is 332 Å². The summed E-state index contributed by atoms with van der Waals surface area (Å²) >= 11 is 0. The molecule has 7 aromatic heterocycles. The first-order valence-electron chi connectivity index (χ1n) is 33.2. The van der Waals surface area contributed by atoms with Gasteiger partial charge in [0.1, 0.15) is 22.3 Å². The summed E-state index contributed by atoms with van der Waals surface area (Å²) in [4.78, 5) is 0. The zero-order chi connectivity index (χ0) is 63.1. The fourth-order valence-corrected chi connectivity index (χ4v) is 16.7. The maximum Gasteiger partial charge on any atom is 0.135 e. The van der Waals surface area contributed by atoms with Crippen LogP contribution in [0.3, 0.4) is 0 Å². The van der Waals surface area contributed by atoms with Gasteiger partial charge in [-0.1, -0.05) is 164 Å². The van der Waals surface area contributed by atoms with Crippen LogP contribution in [0.15, 0.2) is 330 Å². The third kappa shape index (κ3) is 7.39. The molecule has 7 heterocycles.